The van der Waals surface area contributed by atoms with Crippen molar-refractivity contribution in [2.45, 2.75) is 6.42 Å². The highest BCUT2D eigenvalue weighted by molar-refractivity contribution is 5.74. The molecule has 3 aromatic heterocycles. The molecule has 5 rings (SSSR count). The van der Waals surface area contributed by atoms with E-state index >= 15 is 0 Å². The van der Waals surface area contributed by atoms with E-state index in [1.54, 1.807) is 31.8 Å². The molecular formula is C24H19N5O2. The molecule has 0 amide bonds. The largest absolute Gasteiger partial charge is 0.481 e. The molecule has 0 aliphatic rings. The van der Waals surface area contributed by atoms with E-state index in [9.17, 15) is 0 Å². The second kappa shape index (κ2) is 8.23. The van der Waals surface area contributed by atoms with Gasteiger partial charge in [0, 0.05) is 36.6 Å². The molecule has 0 saturated carbocycles. The van der Waals surface area contributed by atoms with Crippen molar-refractivity contribution < 1.29 is 9.47 Å². The summed E-state index contributed by atoms with van der Waals surface area (Å²) < 4.78 is 11.2. The summed E-state index contributed by atoms with van der Waals surface area (Å²) in [5, 5.41) is 0. The number of aromatic amines is 1. The maximum absolute atomic E-state index is 6.03. The van der Waals surface area contributed by atoms with Crippen LogP contribution < -0.4 is 9.47 Å². The third kappa shape index (κ3) is 4.06. The highest BCUT2D eigenvalue weighted by Crippen LogP contribution is 2.30. The lowest BCUT2D eigenvalue weighted by Gasteiger charge is -2.10. The second-order valence-electron chi connectivity index (χ2n) is 6.92. The number of nitrogens with zero attached hydrogens (tertiary/aromatic N) is 4. The third-order valence-electron chi connectivity index (χ3n) is 4.83. The topological polar surface area (TPSA) is 85.8 Å². The number of hydrogen-bond acceptors (Lipinski definition) is 6. The standard InChI is InChI=1S/C24H19N5O2/c1-30-22-15-17(10-11-25-22)23-24(27-13-12-26-23)31-18-8-6-16(7-9-18)14-21-28-19-4-2-3-5-20(19)29-21/h2-13,15H,14H2,1H3,(H,28,29). The summed E-state index contributed by atoms with van der Waals surface area (Å²) in [6.45, 7) is 0. The molecule has 152 valence electrons. The lowest BCUT2D eigenvalue weighted by Crippen LogP contribution is -1.96. The molecule has 7 heteroatoms. The monoisotopic (exact) mass is 409 g/mol. The number of pyridine rings is 1. The van der Waals surface area contributed by atoms with E-state index in [1.165, 1.54) is 0 Å². The molecule has 5 aromatic rings. The van der Waals surface area contributed by atoms with Gasteiger partial charge < -0.3 is 14.5 Å². The molecule has 1 N–H and O–H groups in total. The van der Waals surface area contributed by atoms with Crippen LogP contribution >= 0.6 is 0 Å². The van der Waals surface area contributed by atoms with E-state index in [4.69, 9.17) is 9.47 Å². The summed E-state index contributed by atoms with van der Waals surface area (Å²) in [7, 11) is 1.58. The fraction of sp³-hybridized carbons (Fsp3) is 0.0833. The summed E-state index contributed by atoms with van der Waals surface area (Å²) in [5.41, 5.74) is 4.58. The first-order chi connectivity index (χ1) is 15.3. The molecule has 0 saturated heterocycles. The van der Waals surface area contributed by atoms with Crippen molar-refractivity contribution >= 4 is 11.0 Å². The normalized spacial score (nSPS) is 10.9. The zero-order chi connectivity index (χ0) is 21.0. The summed E-state index contributed by atoms with van der Waals surface area (Å²) in [6.07, 6.45) is 5.61. The molecule has 3 heterocycles. The Kier molecular flexibility index (Phi) is 4.98. The molecule has 7 nitrogen and oxygen atoms in total. The van der Waals surface area contributed by atoms with Crippen LogP contribution in [0.3, 0.4) is 0 Å². The molecule has 0 aliphatic carbocycles. The van der Waals surface area contributed by atoms with Gasteiger partial charge in [0.05, 0.1) is 18.1 Å². The Bertz CT molecular complexity index is 1300. The number of para-hydroxylation sites is 2. The Balaban J connectivity index is 1.35. The number of ether oxygens (including phenoxy) is 2. The average Bonchev–Trinajstić information content (AvgIpc) is 3.23. The molecule has 31 heavy (non-hydrogen) atoms. The Labute approximate surface area is 178 Å². The summed E-state index contributed by atoms with van der Waals surface area (Å²) >= 11 is 0. The van der Waals surface area contributed by atoms with E-state index in [1.807, 2.05) is 54.6 Å². The van der Waals surface area contributed by atoms with Gasteiger partial charge in [0.2, 0.25) is 11.8 Å². The Morgan fingerprint density at radius 3 is 2.55 bits per heavy atom. The number of benzene rings is 2. The molecule has 2 aromatic carbocycles. The van der Waals surface area contributed by atoms with Gasteiger partial charge >= 0.3 is 0 Å². The van der Waals surface area contributed by atoms with E-state index in [-0.39, 0.29) is 0 Å². The van der Waals surface area contributed by atoms with E-state index in [0.29, 0.717) is 29.6 Å². The van der Waals surface area contributed by atoms with Crippen LogP contribution in [0.25, 0.3) is 22.3 Å². The van der Waals surface area contributed by atoms with Gasteiger partial charge in [0.15, 0.2) is 0 Å². The molecule has 0 unspecified atom stereocenters. The molecule has 0 fully saturated rings. The van der Waals surface area contributed by atoms with Crippen LogP contribution in [-0.2, 0) is 6.42 Å². The van der Waals surface area contributed by atoms with Crippen molar-refractivity contribution in [1.82, 2.24) is 24.9 Å². The van der Waals surface area contributed by atoms with Crippen LogP contribution in [0.5, 0.6) is 17.5 Å². The minimum atomic E-state index is 0.417. The second-order valence-corrected chi connectivity index (χ2v) is 6.92. The van der Waals surface area contributed by atoms with Gasteiger partial charge in [-0.25, -0.2) is 19.9 Å². The van der Waals surface area contributed by atoms with Gasteiger partial charge in [-0.15, -0.1) is 0 Å². The molecule has 0 radical (unpaired) electrons. The van der Waals surface area contributed by atoms with Crippen LogP contribution in [0, 0.1) is 0 Å². The number of nitrogens with one attached hydrogen (secondary N) is 1. The van der Waals surface area contributed by atoms with Crippen molar-refractivity contribution in [2.75, 3.05) is 7.11 Å². The first-order valence-corrected chi connectivity index (χ1v) is 9.80. The lowest BCUT2D eigenvalue weighted by atomic mass is 10.1. The van der Waals surface area contributed by atoms with Crippen LogP contribution in [0.1, 0.15) is 11.4 Å². The lowest BCUT2D eigenvalue weighted by molar-refractivity contribution is 0.398. The number of fused-ring (bicyclic) bond motifs is 1. The Hall–Kier alpha value is -4.26. The van der Waals surface area contributed by atoms with Crippen LogP contribution in [0.2, 0.25) is 0 Å². The van der Waals surface area contributed by atoms with Gasteiger partial charge in [0.1, 0.15) is 17.3 Å². The minimum absolute atomic E-state index is 0.417. The van der Waals surface area contributed by atoms with Crippen molar-refractivity contribution in [2.24, 2.45) is 0 Å². The van der Waals surface area contributed by atoms with Gasteiger partial charge in [-0.3, -0.25) is 0 Å². The van der Waals surface area contributed by atoms with Gasteiger partial charge in [-0.1, -0.05) is 24.3 Å². The number of rotatable bonds is 6. The molecule has 0 aliphatic heterocycles. The fourth-order valence-corrected chi connectivity index (χ4v) is 3.34. The fourth-order valence-electron chi connectivity index (χ4n) is 3.34. The van der Waals surface area contributed by atoms with Crippen molar-refractivity contribution in [1.29, 1.82) is 0 Å². The first-order valence-electron chi connectivity index (χ1n) is 9.80. The molecule has 0 bridgehead atoms. The van der Waals surface area contributed by atoms with Crippen LogP contribution in [0.4, 0.5) is 0 Å². The van der Waals surface area contributed by atoms with E-state index in [2.05, 4.69) is 24.9 Å². The van der Waals surface area contributed by atoms with Gasteiger partial charge in [-0.2, -0.15) is 0 Å². The minimum Gasteiger partial charge on any atom is -0.481 e. The summed E-state index contributed by atoms with van der Waals surface area (Å²) in [4.78, 5) is 20.9. The van der Waals surface area contributed by atoms with Gasteiger partial charge in [0.25, 0.3) is 0 Å². The van der Waals surface area contributed by atoms with Crippen molar-refractivity contribution in [3.63, 3.8) is 0 Å². The smallest absolute Gasteiger partial charge is 0.246 e. The molecule has 0 spiro atoms. The number of H-pyrrole nitrogens is 1. The molecular weight excluding hydrogens is 390 g/mol. The van der Waals surface area contributed by atoms with Crippen molar-refractivity contribution in [3.8, 4) is 28.8 Å². The number of methoxy groups -OCH3 is 1. The van der Waals surface area contributed by atoms with Crippen molar-refractivity contribution in [3.05, 3.63) is 90.6 Å². The number of aromatic nitrogens is 5. The maximum atomic E-state index is 6.03. The Morgan fingerprint density at radius 1 is 0.871 bits per heavy atom. The van der Waals surface area contributed by atoms with Crippen LogP contribution in [0.15, 0.2) is 79.3 Å². The predicted octanol–water partition coefficient (Wildman–Crippen LogP) is 4.81. The quantitative estimate of drug-likeness (QED) is 0.433. The van der Waals surface area contributed by atoms with Crippen LogP contribution in [-0.4, -0.2) is 32.0 Å². The maximum Gasteiger partial charge on any atom is 0.246 e. The summed E-state index contributed by atoms with van der Waals surface area (Å²) in [5.74, 6) is 2.53. The Morgan fingerprint density at radius 2 is 1.71 bits per heavy atom. The van der Waals surface area contributed by atoms with Gasteiger partial charge in [-0.05, 0) is 35.9 Å². The van der Waals surface area contributed by atoms with E-state index < -0.39 is 0 Å². The van der Waals surface area contributed by atoms with E-state index in [0.717, 1.165) is 28.0 Å². The molecule has 0 atom stereocenters. The average molecular weight is 409 g/mol. The highest BCUT2D eigenvalue weighted by atomic mass is 16.5. The summed E-state index contributed by atoms with van der Waals surface area (Å²) in [6, 6.07) is 19.5. The third-order valence-corrected chi connectivity index (χ3v) is 4.83. The zero-order valence-electron chi connectivity index (χ0n) is 16.8. The number of hydrogen-bond donors (Lipinski definition) is 1. The zero-order valence-corrected chi connectivity index (χ0v) is 16.8. The first kappa shape index (κ1) is 18.7. The highest BCUT2D eigenvalue weighted by Gasteiger charge is 2.12. The predicted molar refractivity (Wildman–Crippen MR) is 117 cm³/mol. The SMILES string of the molecule is COc1cc(-c2nccnc2Oc2ccc(Cc3nc4ccccc4[nH]3)cc2)ccn1. The number of imidazole rings is 1.